The van der Waals surface area contributed by atoms with Gasteiger partial charge in [0, 0.05) is 20.9 Å². The van der Waals surface area contributed by atoms with Crippen molar-refractivity contribution in [2.24, 2.45) is 0 Å². The fourth-order valence-electron chi connectivity index (χ4n) is 1.79. The molecule has 0 fully saturated rings. The van der Waals surface area contributed by atoms with Gasteiger partial charge < -0.3 is 0 Å². The SMILES string of the molecule is Cc1ccc(C(=O)Cc2cc(F)ccc2Br)c(Br)c1. The molecule has 0 aliphatic rings. The molecule has 0 N–H and O–H groups in total. The lowest BCUT2D eigenvalue weighted by atomic mass is 10.0. The summed E-state index contributed by atoms with van der Waals surface area (Å²) in [5.74, 6) is -0.382. The van der Waals surface area contributed by atoms with Crippen molar-refractivity contribution >= 4 is 37.6 Å². The molecule has 0 saturated heterocycles. The zero-order valence-electron chi connectivity index (χ0n) is 10.2. The molecular weight excluding hydrogens is 375 g/mol. The Balaban J connectivity index is 2.28. The van der Waals surface area contributed by atoms with Gasteiger partial charge in [0.05, 0.1) is 0 Å². The van der Waals surface area contributed by atoms with Crippen LogP contribution >= 0.6 is 31.9 Å². The predicted molar refractivity (Wildman–Crippen MR) is 81.0 cm³/mol. The minimum Gasteiger partial charge on any atom is -0.294 e. The predicted octanol–water partition coefficient (Wildman–Crippen LogP) is 5.08. The van der Waals surface area contributed by atoms with Crippen LogP contribution in [0.4, 0.5) is 4.39 Å². The van der Waals surface area contributed by atoms with Gasteiger partial charge in [0.1, 0.15) is 5.82 Å². The molecule has 2 aromatic rings. The number of ketones is 1. The molecule has 0 amide bonds. The molecule has 98 valence electrons. The van der Waals surface area contributed by atoms with E-state index < -0.39 is 0 Å². The zero-order valence-corrected chi connectivity index (χ0v) is 13.4. The largest absolute Gasteiger partial charge is 0.294 e. The number of carbonyl (C=O) groups excluding carboxylic acids is 1. The van der Waals surface area contributed by atoms with Crippen LogP contribution < -0.4 is 0 Å². The fourth-order valence-corrected chi connectivity index (χ4v) is 2.89. The molecule has 0 aromatic heterocycles. The Morgan fingerprint density at radius 3 is 2.53 bits per heavy atom. The van der Waals surface area contributed by atoms with Crippen molar-refractivity contribution < 1.29 is 9.18 Å². The van der Waals surface area contributed by atoms with Crippen molar-refractivity contribution in [1.82, 2.24) is 0 Å². The summed E-state index contributed by atoms with van der Waals surface area (Å²) in [4.78, 5) is 12.2. The highest BCUT2D eigenvalue weighted by Gasteiger charge is 2.13. The molecule has 1 nitrogen and oxygen atoms in total. The first kappa shape index (κ1) is 14.4. The van der Waals surface area contributed by atoms with Crippen LogP contribution in [0, 0.1) is 12.7 Å². The van der Waals surface area contributed by atoms with E-state index in [0.29, 0.717) is 11.1 Å². The average molecular weight is 386 g/mol. The minimum absolute atomic E-state index is 0.0434. The van der Waals surface area contributed by atoms with Gasteiger partial charge in [-0.2, -0.15) is 0 Å². The van der Waals surface area contributed by atoms with E-state index in [-0.39, 0.29) is 18.0 Å². The van der Waals surface area contributed by atoms with Crippen LogP contribution in [0.2, 0.25) is 0 Å². The standard InChI is InChI=1S/C15H11Br2FO/c1-9-2-4-12(14(17)6-9)15(19)8-10-7-11(18)3-5-13(10)16/h2-7H,8H2,1H3. The lowest BCUT2D eigenvalue weighted by Crippen LogP contribution is -2.05. The van der Waals surface area contributed by atoms with E-state index in [2.05, 4.69) is 31.9 Å². The Hall–Kier alpha value is -1.00. The summed E-state index contributed by atoms with van der Waals surface area (Å²) in [7, 11) is 0. The van der Waals surface area contributed by atoms with Crippen LogP contribution in [0.25, 0.3) is 0 Å². The molecule has 0 heterocycles. The third-order valence-corrected chi connectivity index (χ3v) is 4.21. The van der Waals surface area contributed by atoms with Crippen molar-refractivity contribution in [1.29, 1.82) is 0 Å². The van der Waals surface area contributed by atoms with Crippen molar-refractivity contribution in [2.75, 3.05) is 0 Å². The Kier molecular flexibility index (Phi) is 4.53. The van der Waals surface area contributed by atoms with Crippen LogP contribution in [0.1, 0.15) is 21.5 Å². The Bertz CT molecular complexity index is 638. The second-order valence-electron chi connectivity index (χ2n) is 4.32. The maximum absolute atomic E-state index is 13.2. The van der Waals surface area contributed by atoms with Crippen molar-refractivity contribution in [2.45, 2.75) is 13.3 Å². The quantitative estimate of drug-likeness (QED) is 0.673. The van der Waals surface area contributed by atoms with Gasteiger partial charge in [0.15, 0.2) is 5.78 Å². The first-order valence-corrected chi connectivity index (χ1v) is 7.29. The van der Waals surface area contributed by atoms with Gasteiger partial charge in [-0.25, -0.2) is 4.39 Å². The lowest BCUT2D eigenvalue weighted by Gasteiger charge is -2.07. The second kappa shape index (κ2) is 5.97. The van der Waals surface area contributed by atoms with E-state index in [1.54, 1.807) is 12.1 Å². The topological polar surface area (TPSA) is 17.1 Å². The van der Waals surface area contributed by atoms with E-state index >= 15 is 0 Å². The van der Waals surface area contributed by atoms with E-state index in [4.69, 9.17) is 0 Å². The first-order chi connectivity index (χ1) is 8.97. The summed E-state index contributed by atoms with van der Waals surface area (Å²) in [5, 5.41) is 0. The Morgan fingerprint density at radius 1 is 1.11 bits per heavy atom. The van der Waals surface area contributed by atoms with Gasteiger partial charge in [-0.3, -0.25) is 4.79 Å². The van der Waals surface area contributed by atoms with Crippen LogP contribution in [0.15, 0.2) is 45.3 Å². The zero-order chi connectivity index (χ0) is 14.0. The second-order valence-corrected chi connectivity index (χ2v) is 6.03. The van der Waals surface area contributed by atoms with Gasteiger partial charge >= 0.3 is 0 Å². The molecule has 0 aliphatic carbocycles. The number of halogens is 3. The van der Waals surface area contributed by atoms with Crippen molar-refractivity contribution in [3.8, 4) is 0 Å². The van der Waals surface area contributed by atoms with E-state index in [0.717, 1.165) is 14.5 Å². The molecule has 0 unspecified atom stereocenters. The molecule has 19 heavy (non-hydrogen) atoms. The summed E-state index contributed by atoms with van der Waals surface area (Å²) in [6.45, 7) is 1.96. The van der Waals surface area contributed by atoms with Crippen LogP contribution in [-0.2, 0) is 6.42 Å². The third-order valence-electron chi connectivity index (χ3n) is 2.78. The highest BCUT2D eigenvalue weighted by atomic mass is 79.9. The molecule has 0 radical (unpaired) electrons. The van der Waals surface area contributed by atoms with Crippen molar-refractivity contribution in [3.63, 3.8) is 0 Å². The average Bonchev–Trinajstić information content (AvgIpc) is 2.33. The molecule has 2 rings (SSSR count). The van der Waals surface area contributed by atoms with Crippen LogP contribution in [0.3, 0.4) is 0 Å². The van der Waals surface area contributed by atoms with E-state index in [9.17, 15) is 9.18 Å². The number of carbonyl (C=O) groups is 1. The normalized spacial score (nSPS) is 10.5. The minimum atomic E-state index is -0.339. The number of benzene rings is 2. The number of aryl methyl sites for hydroxylation is 1. The van der Waals surface area contributed by atoms with E-state index in [1.165, 1.54) is 12.1 Å². The Labute approximate surface area is 128 Å². The molecule has 4 heteroatoms. The highest BCUT2D eigenvalue weighted by Crippen LogP contribution is 2.23. The smallest absolute Gasteiger partial charge is 0.168 e. The summed E-state index contributed by atoms with van der Waals surface area (Å²) in [6.07, 6.45) is 0.167. The first-order valence-electron chi connectivity index (χ1n) is 5.70. The molecule has 0 spiro atoms. The number of hydrogen-bond donors (Lipinski definition) is 0. The number of hydrogen-bond acceptors (Lipinski definition) is 1. The summed E-state index contributed by atoms with van der Waals surface area (Å²) in [6, 6.07) is 9.92. The molecule has 0 bridgehead atoms. The van der Waals surface area contributed by atoms with Crippen LogP contribution in [-0.4, -0.2) is 5.78 Å². The lowest BCUT2D eigenvalue weighted by molar-refractivity contribution is 0.0992. The third kappa shape index (κ3) is 3.51. The van der Waals surface area contributed by atoms with E-state index in [1.807, 2.05) is 19.1 Å². The molecule has 0 aliphatic heterocycles. The fraction of sp³-hybridized carbons (Fsp3) is 0.133. The van der Waals surface area contributed by atoms with Gasteiger partial charge in [0.25, 0.3) is 0 Å². The maximum Gasteiger partial charge on any atom is 0.168 e. The summed E-state index contributed by atoms with van der Waals surface area (Å²) < 4.78 is 14.7. The maximum atomic E-state index is 13.2. The molecule has 0 atom stereocenters. The van der Waals surface area contributed by atoms with Crippen molar-refractivity contribution in [3.05, 3.63) is 67.9 Å². The molecule has 0 saturated carbocycles. The number of Topliss-reactive ketones (excluding diaryl/α,β-unsaturated/α-hetero) is 1. The monoisotopic (exact) mass is 384 g/mol. The summed E-state index contributed by atoms with van der Waals surface area (Å²) in [5.41, 5.74) is 2.34. The van der Waals surface area contributed by atoms with Crippen LogP contribution in [0.5, 0.6) is 0 Å². The van der Waals surface area contributed by atoms with Gasteiger partial charge in [-0.15, -0.1) is 0 Å². The summed E-state index contributed by atoms with van der Waals surface area (Å²) >= 11 is 6.72. The number of rotatable bonds is 3. The molecular formula is C15H11Br2FO. The van der Waals surface area contributed by atoms with Gasteiger partial charge in [-0.1, -0.05) is 37.9 Å². The van der Waals surface area contributed by atoms with Gasteiger partial charge in [-0.05, 0) is 48.4 Å². The van der Waals surface area contributed by atoms with Gasteiger partial charge in [0.2, 0.25) is 0 Å². The molecule has 2 aromatic carbocycles. The highest BCUT2D eigenvalue weighted by molar-refractivity contribution is 9.10. The Morgan fingerprint density at radius 2 is 1.84 bits per heavy atom.